The maximum absolute atomic E-state index is 6.41. The second kappa shape index (κ2) is 6.58. The van der Waals surface area contributed by atoms with Crippen molar-refractivity contribution in [3.05, 3.63) is 16.4 Å². The van der Waals surface area contributed by atoms with Crippen LogP contribution in [0.4, 0.5) is 0 Å². The third-order valence-electron chi connectivity index (χ3n) is 2.93. The molecule has 98 valence electrons. The average molecular weight is 387 g/mol. The molecule has 2 nitrogen and oxygen atoms in total. The number of halogens is 3. The van der Waals surface area contributed by atoms with E-state index >= 15 is 0 Å². The molecule has 0 bridgehead atoms. The number of rotatable bonds is 6. The van der Waals surface area contributed by atoms with Crippen molar-refractivity contribution in [3.8, 4) is 0 Å². The highest BCUT2D eigenvalue weighted by Crippen LogP contribution is 2.32. The van der Waals surface area contributed by atoms with Crippen LogP contribution in [-0.2, 0) is 19.4 Å². The zero-order chi connectivity index (χ0) is 13.1. The molecule has 0 N–H and O–H groups in total. The Hall–Kier alpha value is 0.460. The van der Waals surface area contributed by atoms with Gasteiger partial charge in [-0.05, 0) is 25.2 Å². The molecule has 1 rings (SSSR count). The second-order valence-electron chi connectivity index (χ2n) is 4.63. The summed E-state index contributed by atoms with van der Waals surface area (Å²) in [6, 6.07) is 0. The molecule has 0 radical (unpaired) electrons. The van der Waals surface area contributed by atoms with Gasteiger partial charge in [0.25, 0.3) is 0 Å². The fourth-order valence-corrected chi connectivity index (χ4v) is 3.38. The highest BCUT2D eigenvalue weighted by Gasteiger charge is 2.26. The molecule has 0 atom stereocenters. The van der Waals surface area contributed by atoms with Gasteiger partial charge in [0.1, 0.15) is 0 Å². The lowest BCUT2D eigenvalue weighted by Gasteiger charge is -2.25. The Balaban J connectivity index is 3.08. The molecule has 1 aromatic heterocycles. The minimum atomic E-state index is 0.168. The third-order valence-corrected chi connectivity index (χ3v) is 6.08. The van der Waals surface area contributed by atoms with Gasteiger partial charge in [-0.3, -0.25) is 4.68 Å². The van der Waals surface area contributed by atoms with Gasteiger partial charge in [0.05, 0.1) is 16.4 Å². The van der Waals surface area contributed by atoms with Crippen molar-refractivity contribution >= 4 is 43.5 Å². The molecule has 0 saturated carbocycles. The van der Waals surface area contributed by atoms with Gasteiger partial charge in [-0.25, -0.2) is 0 Å². The minimum absolute atomic E-state index is 0.168. The summed E-state index contributed by atoms with van der Waals surface area (Å²) in [5, 5.41) is 7.29. The third kappa shape index (κ3) is 3.48. The summed E-state index contributed by atoms with van der Waals surface area (Å²) in [7, 11) is 0. The first-order chi connectivity index (χ1) is 8.01. The lowest BCUT2D eigenvalue weighted by atomic mass is 9.90. The van der Waals surface area contributed by atoms with E-state index in [2.05, 4.69) is 57.7 Å². The molecule has 0 aliphatic heterocycles. The number of aryl methyl sites for hydroxylation is 2. The van der Waals surface area contributed by atoms with E-state index < -0.39 is 0 Å². The highest BCUT2D eigenvalue weighted by atomic mass is 79.9. The van der Waals surface area contributed by atoms with Gasteiger partial charge >= 0.3 is 0 Å². The summed E-state index contributed by atoms with van der Waals surface area (Å²) >= 11 is 13.6. The summed E-state index contributed by atoms with van der Waals surface area (Å²) in [6.45, 7) is 7.30. The topological polar surface area (TPSA) is 17.8 Å². The van der Waals surface area contributed by atoms with Crippen LogP contribution in [0.5, 0.6) is 0 Å². The summed E-state index contributed by atoms with van der Waals surface area (Å²) in [5.41, 5.74) is 2.34. The van der Waals surface area contributed by atoms with Crippen LogP contribution in [0.3, 0.4) is 0 Å². The van der Waals surface area contributed by atoms with Crippen LogP contribution in [-0.4, -0.2) is 20.4 Å². The van der Waals surface area contributed by atoms with Crippen LogP contribution < -0.4 is 0 Å². The molecule has 0 spiro atoms. The fourth-order valence-electron chi connectivity index (χ4n) is 1.72. The highest BCUT2D eigenvalue weighted by molar-refractivity contribution is 9.09. The summed E-state index contributed by atoms with van der Waals surface area (Å²) in [6.07, 6.45) is 1.82. The lowest BCUT2D eigenvalue weighted by molar-refractivity contribution is 0.418. The smallest absolute Gasteiger partial charge is 0.0850 e. The summed E-state index contributed by atoms with van der Waals surface area (Å²) < 4.78 is 2.03. The number of aromatic nitrogens is 2. The van der Waals surface area contributed by atoms with Crippen molar-refractivity contribution in [3.63, 3.8) is 0 Å². The number of hydrogen-bond donors (Lipinski definition) is 0. The lowest BCUT2D eigenvalue weighted by Crippen LogP contribution is -2.25. The number of hydrogen-bond acceptors (Lipinski definition) is 1. The van der Waals surface area contributed by atoms with Gasteiger partial charge in [0.2, 0.25) is 0 Å². The van der Waals surface area contributed by atoms with E-state index in [0.717, 1.165) is 46.5 Å². The van der Waals surface area contributed by atoms with Crippen LogP contribution in [0.15, 0.2) is 0 Å². The van der Waals surface area contributed by atoms with Crippen LogP contribution in [0, 0.1) is 5.41 Å². The molecule has 0 amide bonds. The Morgan fingerprint density at radius 3 is 2.29 bits per heavy atom. The van der Waals surface area contributed by atoms with Crippen molar-refractivity contribution in [2.24, 2.45) is 5.41 Å². The van der Waals surface area contributed by atoms with E-state index in [1.165, 1.54) is 0 Å². The zero-order valence-electron chi connectivity index (χ0n) is 10.6. The van der Waals surface area contributed by atoms with Crippen LogP contribution in [0.1, 0.15) is 32.2 Å². The molecular formula is C12H19Br2ClN2. The first-order valence-corrected chi connectivity index (χ1v) is 8.49. The van der Waals surface area contributed by atoms with Crippen LogP contribution in [0.25, 0.3) is 0 Å². The van der Waals surface area contributed by atoms with Gasteiger partial charge in [-0.1, -0.05) is 57.3 Å². The van der Waals surface area contributed by atoms with E-state index in [9.17, 15) is 0 Å². The zero-order valence-corrected chi connectivity index (χ0v) is 14.5. The molecular weight excluding hydrogens is 367 g/mol. The first kappa shape index (κ1) is 15.5. The predicted molar refractivity (Wildman–Crippen MR) is 81.7 cm³/mol. The van der Waals surface area contributed by atoms with Gasteiger partial charge < -0.3 is 0 Å². The van der Waals surface area contributed by atoms with Crippen molar-refractivity contribution < 1.29 is 0 Å². The van der Waals surface area contributed by atoms with Crippen molar-refractivity contribution in [1.29, 1.82) is 0 Å². The Kier molecular flexibility index (Phi) is 6.00. The monoisotopic (exact) mass is 384 g/mol. The largest absolute Gasteiger partial charge is 0.268 e. The van der Waals surface area contributed by atoms with Gasteiger partial charge in [-0.2, -0.15) is 5.10 Å². The van der Waals surface area contributed by atoms with E-state index in [0.29, 0.717) is 0 Å². The van der Waals surface area contributed by atoms with Crippen LogP contribution in [0.2, 0.25) is 5.02 Å². The van der Waals surface area contributed by atoms with E-state index in [1.54, 1.807) is 0 Å². The van der Waals surface area contributed by atoms with Gasteiger partial charge in [-0.15, -0.1) is 0 Å². The van der Waals surface area contributed by atoms with E-state index in [4.69, 9.17) is 11.6 Å². The van der Waals surface area contributed by atoms with E-state index in [1.807, 2.05) is 4.68 Å². The second-order valence-corrected chi connectivity index (χ2v) is 6.13. The molecule has 0 aliphatic rings. The Morgan fingerprint density at radius 2 is 1.88 bits per heavy atom. The summed E-state index contributed by atoms with van der Waals surface area (Å²) in [4.78, 5) is 0. The molecule has 0 fully saturated rings. The molecule has 0 aliphatic carbocycles. The van der Waals surface area contributed by atoms with Crippen molar-refractivity contribution in [1.82, 2.24) is 9.78 Å². The quantitative estimate of drug-likeness (QED) is 0.660. The molecule has 5 heteroatoms. The number of alkyl halides is 2. The molecule has 0 aromatic carbocycles. The van der Waals surface area contributed by atoms with Crippen LogP contribution >= 0.6 is 43.5 Å². The normalized spacial score (nSPS) is 12.1. The molecule has 1 heterocycles. The minimum Gasteiger partial charge on any atom is -0.268 e. The molecule has 0 saturated heterocycles. The Labute approximate surface area is 125 Å². The first-order valence-electron chi connectivity index (χ1n) is 5.87. The standard InChI is InChI=1S/C12H19Br2ClN2/c1-4-9-11(15)10(17(5-2)16-9)6-12(3,7-13)8-14/h4-8H2,1-3H3. The molecule has 0 unspecified atom stereocenters. The average Bonchev–Trinajstić information content (AvgIpc) is 2.66. The molecule has 17 heavy (non-hydrogen) atoms. The van der Waals surface area contributed by atoms with Gasteiger partial charge in [0, 0.05) is 17.2 Å². The fraction of sp³-hybridized carbons (Fsp3) is 0.750. The SMILES string of the molecule is CCc1nn(CC)c(CC(C)(CBr)CBr)c1Cl. The van der Waals surface area contributed by atoms with Gasteiger partial charge in [0.15, 0.2) is 0 Å². The Morgan fingerprint density at radius 1 is 1.29 bits per heavy atom. The summed E-state index contributed by atoms with van der Waals surface area (Å²) in [5.74, 6) is 0. The maximum Gasteiger partial charge on any atom is 0.0850 e. The van der Waals surface area contributed by atoms with E-state index in [-0.39, 0.29) is 5.41 Å². The van der Waals surface area contributed by atoms with Crippen molar-refractivity contribution in [2.45, 2.75) is 40.2 Å². The Bertz CT molecular complexity index is 373. The molecule has 1 aromatic rings. The maximum atomic E-state index is 6.41. The number of nitrogens with zero attached hydrogens (tertiary/aromatic N) is 2. The predicted octanol–water partition coefficient (Wildman–Crippen LogP) is 4.46. The van der Waals surface area contributed by atoms with Crippen molar-refractivity contribution in [2.75, 3.05) is 10.7 Å².